The number of carboxylic acids is 2. The topological polar surface area (TPSA) is 108 Å². The zero-order chi connectivity index (χ0) is 19.6. The van der Waals surface area contributed by atoms with Gasteiger partial charge in [-0.15, -0.1) is 0 Å². The zero-order valence-corrected chi connectivity index (χ0v) is 15.4. The van der Waals surface area contributed by atoms with Gasteiger partial charge in [-0.3, -0.25) is 0 Å². The van der Waals surface area contributed by atoms with E-state index in [2.05, 4.69) is 22.3 Å². The molecule has 0 fully saturated rings. The summed E-state index contributed by atoms with van der Waals surface area (Å²) in [4.78, 5) is 21.5. The molecule has 0 aromatic heterocycles. The first-order valence-electron chi connectivity index (χ1n) is 8.88. The molecule has 1 aromatic carbocycles. The summed E-state index contributed by atoms with van der Waals surface area (Å²) >= 11 is 0. The maximum atomic E-state index is 9.55. The number of hydrogen-bond acceptors (Lipinski definition) is 6. The zero-order valence-electron chi connectivity index (χ0n) is 15.4. The van der Waals surface area contributed by atoms with Crippen LogP contribution in [0.15, 0.2) is 24.3 Å². The third kappa shape index (κ3) is 6.58. The van der Waals surface area contributed by atoms with E-state index in [1.165, 1.54) is 16.8 Å². The third-order valence-electron chi connectivity index (χ3n) is 4.32. The van der Waals surface area contributed by atoms with Crippen LogP contribution in [0.3, 0.4) is 0 Å². The van der Waals surface area contributed by atoms with Crippen LogP contribution in [0.2, 0.25) is 0 Å². The molecular weight excluding hydrogens is 352 g/mol. The average molecular weight is 378 g/mol. The standard InChI is InChI=1S/C15H22N2O2.C4H4O4/c1-18-8-6-17-7-9-19-15-11-13-3-5-16-4-2-12(13)10-14(15)17;5-3(6)1-2-4(7)8/h10-11,16H,2-9H2,1H3;1-2H,(H,5,6)(H,7,8)/b;2-1+. The number of carboxylic acid groups (broad SMARTS) is 2. The van der Waals surface area contributed by atoms with E-state index in [-0.39, 0.29) is 0 Å². The largest absolute Gasteiger partial charge is 0.490 e. The minimum atomic E-state index is -1.26. The lowest BCUT2D eigenvalue weighted by Gasteiger charge is -2.32. The lowest BCUT2D eigenvalue weighted by molar-refractivity contribution is -0.134. The minimum absolute atomic E-state index is 0.558. The van der Waals surface area contributed by atoms with Crippen LogP contribution < -0.4 is 15.0 Å². The third-order valence-corrected chi connectivity index (χ3v) is 4.32. The fraction of sp³-hybridized carbons (Fsp3) is 0.474. The molecule has 0 bridgehead atoms. The van der Waals surface area contributed by atoms with E-state index in [1.54, 1.807) is 7.11 Å². The number of hydrogen-bond donors (Lipinski definition) is 3. The van der Waals surface area contributed by atoms with Crippen molar-refractivity contribution in [3.8, 4) is 5.75 Å². The van der Waals surface area contributed by atoms with Crippen molar-refractivity contribution in [3.63, 3.8) is 0 Å². The van der Waals surface area contributed by atoms with Crippen molar-refractivity contribution in [3.05, 3.63) is 35.4 Å². The number of rotatable bonds is 5. The van der Waals surface area contributed by atoms with Crippen molar-refractivity contribution in [2.45, 2.75) is 12.8 Å². The molecule has 27 heavy (non-hydrogen) atoms. The monoisotopic (exact) mass is 378 g/mol. The van der Waals surface area contributed by atoms with Crippen LogP contribution in [0.5, 0.6) is 5.75 Å². The fourth-order valence-corrected chi connectivity index (χ4v) is 3.02. The fourth-order valence-electron chi connectivity index (χ4n) is 3.02. The summed E-state index contributed by atoms with van der Waals surface area (Å²) in [5.41, 5.74) is 4.15. The molecule has 8 nitrogen and oxygen atoms in total. The Bertz CT molecular complexity index is 673. The van der Waals surface area contributed by atoms with E-state index < -0.39 is 11.9 Å². The van der Waals surface area contributed by atoms with Crippen molar-refractivity contribution in [2.75, 3.05) is 51.4 Å². The lowest BCUT2D eigenvalue weighted by Crippen LogP contribution is -2.35. The number of fused-ring (bicyclic) bond motifs is 2. The second-order valence-corrected chi connectivity index (χ2v) is 6.18. The molecule has 1 aromatic rings. The van der Waals surface area contributed by atoms with Crippen molar-refractivity contribution >= 4 is 17.6 Å². The normalized spacial score (nSPS) is 15.7. The van der Waals surface area contributed by atoms with Gasteiger partial charge < -0.3 is 29.9 Å². The highest BCUT2D eigenvalue weighted by molar-refractivity contribution is 5.89. The summed E-state index contributed by atoms with van der Waals surface area (Å²) in [6.07, 6.45) is 3.33. The Balaban J connectivity index is 0.000000279. The Hall–Kier alpha value is -2.58. The average Bonchev–Trinajstić information content (AvgIpc) is 2.88. The molecule has 2 aliphatic rings. The van der Waals surface area contributed by atoms with Gasteiger partial charge in [-0.05, 0) is 49.2 Å². The Morgan fingerprint density at radius 3 is 2.41 bits per heavy atom. The maximum Gasteiger partial charge on any atom is 0.328 e. The van der Waals surface area contributed by atoms with Gasteiger partial charge in [0.15, 0.2) is 0 Å². The van der Waals surface area contributed by atoms with Crippen LogP contribution >= 0.6 is 0 Å². The molecule has 0 saturated heterocycles. The van der Waals surface area contributed by atoms with E-state index >= 15 is 0 Å². The summed E-state index contributed by atoms with van der Waals surface area (Å²) in [6.45, 7) is 5.56. The molecule has 0 atom stereocenters. The van der Waals surface area contributed by atoms with Crippen LogP contribution in [0, 0.1) is 0 Å². The second-order valence-electron chi connectivity index (χ2n) is 6.18. The van der Waals surface area contributed by atoms with Crippen molar-refractivity contribution in [2.24, 2.45) is 0 Å². The maximum absolute atomic E-state index is 9.55. The van der Waals surface area contributed by atoms with Crippen molar-refractivity contribution in [1.82, 2.24) is 5.32 Å². The predicted molar refractivity (Wildman–Crippen MR) is 101 cm³/mol. The van der Waals surface area contributed by atoms with E-state index in [4.69, 9.17) is 19.7 Å². The number of anilines is 1. The van der Waals surface area contributed by atoms with E-state index in [1.807, 2.05) is 0 Å². The second kappa shape index (κ2) is 10.5. The molecule has 3 rings (SSSR count). The van der Waals surface area contributed by atoms with Gasteiger partial charge in [0.25, 0.3) is 0 Å². The molecular formula is C19H26N2O6. The van der Waals surface area contributed by atoms with Crippen LogP contribution in [0.25, 0.3) is 0 Å². The van der Waals surface area contributed by atoms with Crippen molar-refractivity contribution in [1.29, 1.82) is 0 Å². The van der Waals surface area contributed by atoms with Gasteiger partial charge in [0, 0.05) is 25.8 Å². The van der Waals surface area contributed by atoms with E-state index in [0.29, 0.717) is 12.2 Å². The summed E-state index contributed by atoms with van der Waals surface area (Å²) < 4.78 is 11.0. The molecule has 0 spiro atoms. The number of methoxy groups -OCH3 is 1. The van der Waals surface area contributed by atoms with Gasteiger partial charge in [-0.1, -0.05) is 0 Å². The Kier molecular flexibility index (Phi) is 8.09. The number of nitrogens with zero attached hydrogens (tertiary/aromatic N) is 1. The number of ether oxygens (including phenoxy) is 2. The highest BCUT2D eigenvalue weighted by Crippen LogP contribution is 2.35. The van der Waals surface area contributed by atoms with E-state index in [0.717, 1.165) is 58.0 Å². The Labute approximate surface area is 158 Å². The summed E-state index contributed by atoms with van der Waals surface area (Å²) in [6, 6.07) is 4.57. The quantitative estimate of drug-likeness (QED) is 0.650. The SMILES string of the molecule is COCCN1CCOc2cc3c(cc21)CCNCC3.O=C(O)/C=C/C(=O)O. The smallest absolute Gasteiger partial charge is 0.328 e. The highest BCUT2D eigenvalue weighted by Gasteiger charge is 2.21. The molecule has 0 unspecified atom stereocenters. The highest BCUT2D eigenvalue weighted by atomic mass is 16.5. The van der Waals surface area contributed by atoms with Crippen LogP contribution in [-0.2, 0) is 27.2 Å². The van der Waals surface area contributed by atoms with Gasteiger partial charge in [0.2, 0.25) is 0 Å². The molecule has 0 saturated carbocycles. The van der Waals surface area contributed by atoms with Gasteiger partial charge in [-0.25, -0.2) is 9.59 Å². The van der Waals surface area contributed by atoms with Crippen molar-refractivity contribution < 1.29 is 29.3 Å². The number of carbonyl (C=O) groups is 2. The van der Waals surface area contributed by atoms with Gasteiger partial charge in [-0.2, -0.15) is 0 Å². The number of benzene rings is 1. The first-order chi connectivity index (χ1) is 13.0. The van der Waals surface area contributed by atoms with E-state index in [9.17, 15) is 9.59 Å². The predicted octanol–water partition coefficient (Wildman–Crippen LogP) is 0.932. The molecule has 0 aliphatic carbocycles. The molecule has 0 radical (unpaired) electrons. The van der Waals surface area contributed by atoms with Gasteiger partial charge in [0.05, 0.1) is 18.8 Å². The van der Waals surface area contributed by atoms with Crippen LogP contribution in [0.4, 0.5) is 5.69 Å². The number of aliphatic carboxylic acids is 2. The first kappa shape index (κ1) is 20.7. The molecule has 2 heterocycles. The molecule has 0 amide bonds. The van der Waals surface area contributed by atoms with Gasteiger partial charge in [0.1, 0.15) is 12.4 Å². The molecule has 2 aliphatic heterocycles. The number of nitrogens with one attached hydrogen (secondary N) is 1. The first-order valence-corrected chi connectivity index (χ1v) is 8.88. The molecule has 148 valence electrons. The Morgan fingerprint density at radius 1 is 1.19 bits per heavy atom. The summed E-state index contributed by atoms with van der Waals surface area (Å²) in [7, 11) is 1.75. The lowest BCUT2D eigenvalue weighted by atomic mass is 10.0. The Morgan fingerprint density at radius 2 is 1.81 bits per heavy atom. The summed E-state index contributed by atoms with van der Waals surface area (Å²) in [5.74, 6) is -1.47. The summed E-state index contributed by atoms with van der Waals surface area (Å²) in [5, 5.41) is 19.1. The molecule has 8 heteroatoms. The molecule has 3 N–H and O–H groups in total. The minimum Gasteiger partial charge on any atom is -0.490 e. The van der Waals surface area contributed by atoms with Crippen LogP contribution in [-0.4, -0.2) is 68.7 Å². The van der Waals surface area contributed by atoms with Gasteiger partial charge >= 0.3 is 11.9 Å². The van der Waals surface area contributed by atoms with Crippen LogP contribution in [0.1, 0.15) is 11.1 Å².